The zero-order valence-corrected chi connectivity index (χ0v) is 18.7. The van der Waals surface area contributed by atoms with E-state index in [0.29, 0.717) is 31.6 Å². The van der Waals surface area contributed by atoms with Crippen LogP contribution in [0, 0.1) is 0 Å². The van der Waals surface area contributed by atoms with Crippen LogP contribution in [0.5, 0.6) is 0 Å². The number of nitrogens with one attached hydrogen (secondary N) is 1. The van der Waals surface area contributed by atoms with Gasteiger partial charge in [0.25, 0.3) is 5.91 Å². The van der Waals surface area contributed by atoms with Gasteiger partial charge >= 0.3 is 0 Å². The Hall–Kier alpha value is -2.23. The van der Waals surface area contributed by atoms with Crippen molar-refractivity contribution in [2.45, 2.75) is 56.7 Å². The third kappa shape index (κ3) is 4.91. The lowest BCUT2D eigenvalue weighted by atomic mass is 9.96. The molecule has 1 aromatic heterocycles. The Morgan fingerprint density at radius 1 is 1.33 bits per heavy atom. The van der Waals surface area contributed by atoms with E-state index in [1.807, 2.05) is 32.9 Å². The van der Waals surface area contributed by atoms with Crippen LogP contribution in [0.4, 0.5) is 0 Å². The van der Waals surface area contributed by atoms with Crippen molar-refractivity contribution in [2.24, 2.45) is 7.05 Å². The second-order valence-electron chi connectivity index (χ2n) is 7.85. The molecule has 1 aliphatic heterocycles. The van der Waals surface area contributed by atoms with Gasteiger partial charge in [0.2, 0.25) is 10.0 Å². The molecule has 2 aromatic rings. The summed E-state index contributed by atoms with van der Waals surface area (Å²) in [6.07, 6.45) is 3.89. The fourth-order valence-electron chi connectivity index (χ4n) is 3.76. The van der Waals surface area contributed by atoms with Crippen molar-refractivity contribution in [1.82, 2.24) is 19.4 Å². The topological polar surface area (TPSA) is 93.5 Å². The summed E-state index contributed by atoms with van der Waals surface area (Å²) in [6.45, 7) is 6.54. The van der Waals surface area contributed by atoms with Crippen LogP contribution < -0.4 is 5.32 Å². The predicted octanol–water partition coefficient (Wildman–Crippen LogP) is 2.49. The number of amides is 1. The number of benzene rings is 1. The number of carbonyl (C=O) groups is 1. The molecule has 0 unspecified atom stereocenters. The molecule has 2 atom stereocenters. The molecule has 1 saturated heterocycles. The minimum Gasteiger partial charge on any atom is -0.373 e. The van der Waals surface area contributed by atoms with Crippen molar-refractivity contribution in [3.05, 3.63) is 47.8 Å². The molecule has 8 nitrogen and oxygen atoms in total. The molecule has 0 spiro atoms. The number of sulfonamides is 1. The van der Waals surface area contributed by atoms with E-state index in [1.165, 1.54) is 17.1 Å². The molecule has 164 valence electrons. The fraction of sp³-hybridized carbons (Fsp3) is 0.524. The number of aromatic nitrogens is 2. The Balaban J connectivity index is 1.75. The maximum absolute atomic E-state index is 13.1. The number of hydrogen-bond acceptors (Lipinski definition) is 5. The van der Waals surface area contributed by atoms with Gasteiger partial charge in [0.05, 0.1) is 12.3 Å². The van der Waals surface area contributed by atoms with Gasteiger partial charge in [-0.15, -0.1) is 0 Å². The lowest BCUT2D eigenvalue weighted by Gasteiger charge is -2.36. The summed E-state index contributed by atoms with van der Waals surface area (Å²) in [5.74, 6) is -0.112. The zero-order chi connectivity index (χ0) is 21.9. The molecule has 1 fully saturated rings. The van der Waals surface area contributed by atoms with Crippen molar-refractivity contribution in [3.8, 4) is 0 Å². The number of hydrogen-bond donors (Lipinski definition) is 1. The van der Waals surface area contributed by atoms with Gasteiger partial charge in [-0.25, -0.2) is 8.42 Å². The van der Waals surface area contributed by atoms with Gasteiger partial charge in [-0.3, -0.25) is 9.48 Å². The molecule has 9 heteroatoms. The molecule has 1 N–H and O–H groups in total. The maximum Gasteiger partial charge on any atom is 0.251 e. The summed E-state index contributed by atoms with van der Waals surface area (Å²) >= 11 is 0. The molecule has 0 aliphatic carbocycles. The van der Waals surface area contributed by atoms with Gasteiger partial charge < -0.3 is 10.1 Å². The first-order chi connectivity index (χ1) is 14.2. The first-order valence-corrected chi connectivity index (χ1v) is 11.7. The second-order valence-corrected chi connectivity index (χ2v) is 9.74. The number of nitrogens with zero attached hydrogens (tertiary/aromatic N) is 3. The molecule has 1 aromatic carbocycles. The Kier molecular flexibility index (Phi) is 6.95. The van der Waals surface area contributed by atoms with Crippen LogP contribution in [0.3, 0.4) is 0 Å². The molecule has 0 radical (unpaired) electrons. The monoisotopic (exact) mass is 434 g/mol. The second kappa shape index (κ2) is 9.28. The van der Waals surface area contributed by atoms with Gasteiger partial charge in [0, 0.05) is 44.0 Å². The highest BCUT2D eigenvalue weighted by atomic mass is 32.2. The molecular weight excluding hydrogens is 404 g/mol. The highest BCUT2D eigenvalue weighted by Crippen LogP contribution is 2.33. The van der Waals surface area contributed by atoms with Crippen LogP contribution in [-0.2, 0) is 21.8 Å². The molecule has 1 amide bonds. The van der Waals surface area contributed by atoms with Crippen LogP contribution in [-0.4, -0.2) is 53.6 Å². The van der Waals surface area contributed by atoms with Crippen molar-refractivity contribution in [1.29, 1.82) is 0 Å². The normalized spacial score (nSPS) is 19.9. The molecule has 0 saturated carbocycles. The highest BCUT2D eigenvalue weighted by molar-refractivity contribution is 7.89. The van der Waals surface area contributed by atoms with Crippen molar-refractivity contribution >= 4 is 15.9 Å². The maximum atomic E-state index is 13.1. The smallest absolute Gasteiger partial charge is 0.251 e. The van der Waals surface area contributed by atoms with E-state index in [-0.39, 0.29) is 29.0 Å². The third-order valence-electron chi connectivity index (χ3n) is 5.23. The van der Waals surface area contributed by atoms with Crippen molar-refractivity contribution < 1.29 is 17.9 Å². The number of ether oxygens (including phenoxy) is 1. The van der Waals surface area contributed by atoms with E-state index < -0.39 is 10.0 Å². The summed E-state index contributed by atoms with van der Waals surface area (Å²) < 4.78 is 35.2. The molecular formula is C21H30N4O4S. The van der Waals surface area contributed by atoms with Gasteiger partial charge in [0.1, 0.15) is 4.90 Å². The van der Waals surface area contributed by atoms with Gasteiger partial charge in [0.15, 0.2) is 0 Å². The summed E-state index contributed by atoms with van der Waals surface area (Å²) in [4.78, 5) is 12.4. The standard InChI is InChI=1S/C21H30N4O4S/c1-5-25(30(27,28)19-13-22-24(4)14-19)18-10-11-29-20(12-18)16-6-8-17(9-7-16)21(26)23-15(2)3/h6-9,13-15,18,20H,5,10-12H2,1-4H3,(H,23,26)/t18-,20+/m1/s1. The minimum atomic E-state index is -3.62. The molecule has 30 heavy (non-hydrogen) atoms. The Morgan fingerprint density at radius 3 is 2.60 bits per heavy atom. The van der Waals surface area contributed by atoms with Crippen LogP contribution in [0.15, 0.2) is 41.6 Å². The van der Waals surface area contributed by atoms with E-state index in [2.05, 4.69) is 10.4 Å². The number of aryl methyl sites for hydroxylation is 1. The average molecular weight is 435 g/mol. The summed E-state index contributed by atoms with van der Waals surface area (Å²) in [5.41, 5.74) is 1.53. The number of carbonyl (C=O) groups excluding carboxylic acids is 1. The van der Waals surface area contributed by atoms with E-state index in [0.717, 1.165) is 5.56 Å². The molecule has 2 heterocycles. The van der Waals surface area contributed by atoms with E-state index in [9.17, 15) is 13.2 Å². The van der Waals surface area contributed by atoms with Crippen molar-refractivity contribution in [3.63, 3.8) is 0 Å². The summed E-state index contributed by atoms with van der Waals surface area (Å²) in [6, 6.07) is 7.24. The van der Waals surface area contributed by atoms with Gasteiger partial charge in [-0.1, -0.05) is 19.1 Å². The van der Waals surface area contributed by atoms with Gasteiger partial charge in [-0.2, -0.15) is 9.40 Å². The quantitative estimate of drug-likeness (QED) is 0.723. The van der Waals surface area contributed by atoms with Crippen LogP contribution >= 0.6 is 0 Å². The van der Waals surface area contributed by atoms with Gasteiger partial charge in [-0.05, 0) is 44.4 Å². The third-order valence-corrected chi connectivity index (χ3v) is 7.21. The first-order valence-electron chi connectivity index (χ1n) is 10.2. The highest BCUT2D eigenvalue weighted by Gasteiger charge is 2.35. The predicted molar refractivity (Wildman–Crippen MR) is 114 cm³/mol. The average Bonchev–Trinajstić information content (AvgIpc) is 3.15. The molecule has 1 aliphatic rings. The van der Waals surface area contributed by atoms with Crippen molar-refractivity contribution in [2.75, 3.05) is 13.2 Å². The van der Waals surface area contributed by atoms with Crippen LogP contribution in [0.2, 0.25) is 0 Å². The number of rotatable bonds is 7. The summed E-state index contributed by atoms with van der Waals surface area (Å²) in [5, 5.41) is 6.87. The first kappa shape index (κ1) is 22.5. The molecule has 0 bridgehead atoms. The van der Waals surface area contributed by atoms with E-state index in [1.54, 1.807) is 23.5 Å². The molecule has 3 rings (SSSR count). The Labute approximate surface area is 178 Å². The lowest BCUT2D eigenvalue weighted by molar-refractivity contribution is -0.0127. The van der Waals surface area contributed by atoms with E-state index >= 15 is 0 Å². The summed E-state index contributed by atoms with van der Waals surface area (Å²) in [7, 11) is -1.92. The lowest BCUT2D eigenvalue weighted by Crippen LogP contribution is -2.43. The largest absolute Gasteiger partial charge is 0.373 e. The fourth-order valence-corrected chi connectivity index (χ4v) is 5.42. The zero-order valence-electron chi connectivity index (χ0n) is 17.9. The Bertz CT molecular complexity index is 969. The van der Waals surface area contributed by atoms with Crippen LogP contribution in [0.25, 0.3) is 0 Å². The van der Waals surface area contributed by atoms with Crippen LogP contribution in [0.1, 0.15) is 55.6 Å². The van der Waals surface area contributed by atoms with E-state index in [4.69, 9.17) is 4.74 Å². The minimum absolute atomic E-state index is 0.0707. The Morgan fingerprint density at radius 2 is 2.03 bits per heavy atom. The SMILES string of the molecule is CCN([C@@H]1CCO[C@H](c2ccc(C(=O)NC(C)C)cc2)C1)S(=O)(=O)c1cnn(C)c1.